The van der Waals surface area contributed by atoms with Gasteiger partial charge in [-0.05, 0) is 6.92 Å². The first-order valence-corrected chi connectivity index (χ1v) is 3.80. The van der Waals surface area contributed by atoms with Gasteiger partial charge in [-0.3, -0.25) is 5.10 Å². The average molecular weight is 199 g/mol. The van der Waals surface area contributed by atoms with Crippen molar-refractivity contribution in [2.24, 2.45) is 0 Å². The molecule has 0 amide bonds. The fourth-order valence-electron chi connectivity index (χ4n) is 1.07. The predicted octanol–water partition coefficient (Wildman–Crippen LogP) is 1.13. The number of nitrogens with one attached hydrogen (secondary N) is 1. The molecule has 3 nitrogen and oxygen atoms in total. The molecule has 0 saturated carbocycles. The van der Waals surface area contributed by atoms with E-state index in [4.69, 9.17) is 0 Å². The van der Waals surface area contributed by atoms with Crippen LogP contribution >= 0.6 is 0 Å². The minimum atomic E-state index is 0. The Morgan fingerprint density at radius 1 is 1.15 bits per heavy atom. The number of aromatic nitrogens is 3. The van der Waals surface area contributed by atoms with Crippen molar-refractivity contribution in [1.29, 1.82) is 0 Å². The summed E-state index contributed by atoms with van der Waals surface area (Å²) in [5, 5.41) is 10.2. The maximum absolute atomic E-state index is 3.91. The Bertz CT molecular complexity index is 353. The number of aromatic amines is 1. The van der Waals surface area contributed by atoms with Crippen molar-refractivity contribution in [3.63, 3.8) is 0 Å². The summed E-state index contributed by atoms with van der Waals surface area (Å²) in [5.41, 5.74) is 3.23. The normalized spacial score (nSPS) is 9.31. The van der Waals surface area contributed by atoms with Crippen molar-refractivity contribution in [2.45, 2.75) is 6.92 Å². The summed E-state index contributed by atoms with van der Waals surface area (Å²) in [6.45, 7) is 2.06. The molecule has 0 aliphatic heterocycles. The van der Waals surface area contributed by atoms with E-state index < -0.39 is 0 Å². The van der Waals surface area contributed by atoms with Crippen LogP contribution in [0, 0.1) is 6.92 Å². The molecule has 0 spiro atoms. The molecule has 1 N–H and O–H groups in total. The van der Waals surface area contributed by atoms with E-state index in [1.165, 1.54) is 5.56 Å². The Morgan fingerprint density at radius 3 is 2.38 bits per heavy atom. The standard InChI is InChI=1S/C9H9N3.K.H/c1-7-2-4-8(5-3-7)9-6-10-12-11-9;;/h2-6H,1H3,(H,10,11,12);;. The van der Waals surface area contributed by atoms with Crippen LogP contribution in [0.2, 0.25) is 0 Å². The molecule has 1 aromatic heterocycles. The molecule has 0 aliphatic rings. The number of hydrogen-bond donors (Lipinski definition) is 1. The van der Waals surface area contributed by atoms with Crippen LogP contribution in [0.5, 0.6) is 0 Å². The van der Waals surface area contributed by atoms with Gasteiger partial charge >= 0.3 is 51.4 Å². The summed E-state index contributed by atoms with van der Waals surface area (Å²) in [6.07, 6.45) is 1.78. The first-order chi connectivity index (χ1) is 5.86. The summed E-state index contributed by atoms with van der Waals surface area (Å²) in [4.78, 5) is 0. The maximum atomic E-state index is 3.91. The molecule has 2 aromatic rings. The Balaban J connectivity index is 0.000000845. The minimum absolute atomic E-state index is 0. The van der Waals surface area contributed by atoms with Gasteiger partial charge in [0.15, 0.2) is 0 Å². The fraction of sp³-hybridized carbons (Fsp3) is 0.111. The number of nitrogens with zero attached hydrogens (tertiary/aromatic N) is 2. The number of rotatable bonds is 1. The average Bonchev–Trinajstić information content (AvgIpc) is 2.58. The van der Waals surface area contributed by atoms with Crippen LogP contribution in [0.25, 0.3) is 11.3 Å². The van der Waals surface area contributed by atoms with E-state index in [0.29, 0.717) is 0 Å². The molecule has 0 aliphatic carbocycles. The molecule has 0 bridgehead atoms. The third-order valence-corrected chi connectivity index (χ3v) is 1.76. The monoisotopic (exact) mass is 199 g/mol. The summed E-state index contributed by atoms with van der Waals surface area (Å²) >= 11 is 0. The zero-order valence-corrected chi connectivity index (χ0v) is 6.78. The third-order valence-electron chi connectivity index (χ3n) is 1.76. The van der Waals surface area contributed by atoms with Crippen molar-refractivity contribution in [2.75, 3.05) is 0 Å². The summed E-state index contributed by atoms with van der Waals surface area (Å²) in [6, 6.07) is 8.19. The topological polar surface area (TPSA) is 41.6 Å². The molecule has 0 fully saturated rings. The second-order valence-corrected chi connectivity index (χ2v) is 2.72. The van der Waals surface area contributed by atoms with Gasteiger partial charge in [-0.2, -0.15) is 0 Å². The summed E-state index contributed by atoms with van der Waals surface area (Å²) in [5.74, 6) is 0. The van der Waals surface area contributed by atoms with Crippen LogP contribution in [0.4, 0.5) is 0 Å². The summed E-state index contributed by atoms with van der Waals surface area (Å²) < 4.78 is 0. The molecule has 0 saturated heterocycles. The molecule has 62 valence electrons. The van der Waals surface area contributed by atoms with Gasteiger partial charge in [0.05, 0.1) is 0 Å². The molecule has 0 atom stereocenters. The van der Waals surface area contributed by atoms with Crippen molar-refractivity contribution in [3.05, 3.63) is 36.0 Å². The Morgan fingerprint density at radius 2 is 1.85 bits per heavy atom. The van der Waals surface area contributed by atoms with E-state index in [1.807, 2.05) is 12.1 Å². The molecule has 13 heavy (non-hydrogen) atoms. The predicted molar refractivity (Wildman–Crippen MR) is 53.7 cm³/mol. The molecular weight excluding hydrogens is 189 g/mol. The van der Waals surface area contributed by atoms with Crippen LogP contribution in [0.15, 0.2) is 30.5 Å². The number of aryl methyl sites for hydroxylation is 1. The quantitative estimate of drug-likeness (QED) is 0.700. The van der Waals surface area contributed by atoms with Crippen LogP contribution in [0.1, 0.15) is 5.56 Å². The molecule has 0 unspecified atom stereocenters. The van der Waals surface area contributed by atoms with Crippen molar-refractivity contribution in [1.82, 2.24) is 15.4 Å². The van der Waals surface area contributed by atoms with E-state index in [9.17, 15) is 0 Å². The number of H-pyrrole nitrogens is 1. The molecule has 2 rings (SSSR count). The van der Waals surface area contributed by atoms with Crippen LogP contribution in [0.3, 0.4) is 0 Å². The van der Waals surface area contributed by atoms with Crippen LogP contribution in [-0.4, -0.2) is 66.8 Å². The van der Waals surface area contributed by atoms with Crippen molar-refractivity contribution in [3.8, 4) is 11.3 Å². The zero-order chi connectivity index (χ0) is 8.39. The van der Waals surface area contributed by atoms with E-state index in [1.54, 1.807) is 6.20 Å². The first-order valence-electron chi connectivity index (χ1n) is 3.80. The molecule has 1 heterocycles. The molecule has 1 aromatic carbocycles. The van der Waals surface area contributed by atoms with Crippen LogP contribution in [-0.2, 0) is 0 Å². The van der Waals surface area contributed by atoms with Gasteiger partial charge in [-0.25, -0.2) is 0 Å². The van der Waals surface area contributed by atoms with Gasteiger partial charge < -0.3 is 0 Å². The van der Waals surface area contributed by atoms with Gasteiger partial charge in [-0.1, -0.05) is 35.0 Å². The van der Waals surface area contributed by atoms with E-state index >= 15 is 0 Å². The van der Waals surface area contributed by atoms with Gasteiger partial charge in [-0.15, -0.1) is 5.10 Å². The Labute approximate surface area is 119 Å². The summed E-state index contributed by atoms with van der Waals surface area (Å²) in [7, 11) is 0. The third kappa shape index (κ3) is 2.72. The molecular formula is C9H10KN3. The Hall–Kier alpha value is -0.00364. The zero-order valence-electron chi connectivity index (χ0n) is 6.78. The Kier molecular flexibility index (Phi) is 4.28. The van der Waals surface area contributed by atoms with Gasteiger partial charge in [0.2, 0.25) is 0 Å². The SMILES string of the molecule is Cc1ccc(-c2c[nH]nn2)cc1.[KH]. The van der Waals surface area contributed by atoms with Gasteiger partial charge in [0, 0.05) is 11.8 Å². The van der Waals surface area contributed by atoms with E-state index in [2.05, 4.69) is 34.5 Å². The molecule has 0 radical (unpaired) electrons. The van der Waals surface area contributed by atoms with E-state index in [-0.39, 0.29) is 51.4 Å². The second-order valence-electron chi connectivity index (χ2n) is 2.72. The van der Waals surface area contributed by atoms with Gasteiger partial charge in [0.25, 0.3) is 0 Å². The van der Waals surface area contributed by atoms with Crippen molar-refractivity contribution < 1.29 is 0 Å². The second kappa shape index (κ2) is 5.02. The van der Waals surface area contributed by atoms with E-state index in [0.717, 1.165) is 11.3 Å². The van der Waals surface area contributed by atoms with Crippen LogP contribution < -0.4 is 0 Å². The first kappa shape index (κ1) is 11.1. The number of hydrogen-bond acceptors (Lipinski definition) is 2. The van der Waals surface area contributed by atoms with Crippen molar-refractivity contribution >= 4 is 51.4 Å². The van der Waals surface area contributed by atoms with Gasteiger partial charge in [0.1, 0.15) is 5.69 Å². The number of benzene rings is 1. The fourth-order valence-corrected chi connectivity index (χ4v) is 1.07. The molecule has 4 heteroatoms.